The summed E-state index contributed by atoms with van der Waals surface area (Å²) in [6.45, 7) is 1.09. The van der Waals surface area contributed by atoms with Gasteiger partial charge in [0.2, 0.25) is 0 Å². The van der Waals surface area contributed by atoms with Crippen LogP contribution in [0.2, 0.25) is 0 Å². The lowest BCUT2D eigenvalue weighted by Crippen LogP contribution is -2.15. The molecule has 0 radical (unpaired) electrons. The van der Waals surface area contributed by atoms with Crippen LogP contribution in [0.1, 0.15) is 50.0 Å². The van der Waals surface area contributed by atoms with E-state index in [1.165, 1.54) is 60.6 Å². The molecular formula is C12H19N3S. The minimum absolute atomic E-state index is 0.699. The first kappa shape index (κ1) is 10.4. The van der Waals surface area contributed by atoms with Crippen LogP contribution >= 0.6 is 11.5 Å². The van der Waals surface area contributed by atoms with Crippen molar-refractivity contribution in [2.45, 2.75) is 44.4 Å². The maximum atomic E-state index is 5.91. The number of nitrogen functional groups attached to an aromatic ring is 1. The minimum atomic E-state index is 0.699. The van der Waals surface area contributed by atoms with Gasteiger partial charge in [-0.15, -0.1) is 0 Å². The van der Waals surface area contributed by atoms with Gasteiger partial charge in [0.15, 0.2) is 0 Å². The third kappa shape index (κ3) is 2.03. The van der Waals surface area contributed by atoms with E-state index in [2.05, 4.69) is 9.69 Å². The zero-order valence-corrected chi connectivity index (χ0v) is 10.4. The summed E-state index contributed by atoms with van der Waals surface area (Å²) in [6.07, 6.45) is 8.19. The Morgan fingerprint density at radius 2 is 2.12 bits per heavy atom. The fourth-order valence-electron chi connectivity index (χ4n) is 2.37. The van der Waals surface area contributed by atoms with Crippen molar-refractivity contribution in [3.05, 3.63) is 5.56 Å². The quantitative estimate of drug-likeness (QED) is 0.826. The SMILES string of the molecule is Nc1nsc(NCCC2CCC2)c1C1CC1. The predicted octanol–water partition coefficient (Wildman–Crippen LogP) is 3.20. The molecule has 0 aliphatic heterocycles. The number of anilines is 2. The van der Waals surface area contributed by atoms with E-state index in [-0.39, 0.29) is 0 Å². The first-order valence-electron chi connectivity index (χ1n) is 6.33. The van der Waals surface area contributed by atoms with Crippen LogP contribution in [-0.4, -0.2) is 10.9 Å². The fraction of sp³-hybridized carbons (Fsp3) is 0.750. The van der Waals surface area contributed by atoms with Gasteiger partial charge in [-0.25, -0.2) is 0 Å². The molecule has 1 aromatic heterocycles. The van der Waals surface area contributed by atoms with Gasteiger partial charge in [0, 0.05) is 12.1 Å². The molecule has 3 N–H and O–H groups in total. The molecule has 4 heteroatoms. The molecule has 2 saturated carbocycles. The molecule has 2 aliphatic rings. The zero-order chi connectivity index (χ0) is 11.0. The molecule has 0 unspecified atom stereocenters. The molecule has 0 saturated heterocycles. The van der Waals surface area contributed by atoms with Crippen molar-refractivity contribution in [2.75, 3.05) is 17.6 Å². The average molecular weight is 237 g/mol. The van der Waals surface area contributed by atoms with Gasteiger partial charge in [0.25, 0.3) is 0 Å². The largest absolute Gasteiger partial charge is 0.383 e. The zero-order valence-electron chi connectivity index (χ0n) is 9.54. The lowest BCUT2D eigenvalue weighted by molar-refractivity contribution is 0.303. The molecule has 1 heterocycles. The van der Waals surface area contributed by atoms with Crippen molar-refractivity contribution in [2.24, 2.45) is 5.92 Å². The van der Waals surface area contributed by atoms with Gasteiger partial charge in [-0.05, 0) is 42.6 Å². The minimum Gasteiger partial charge on any atom is -0.383 e. The summed E-state index contributed by atoms with van der Waals surface area (Å²) in [6, 6.07) is 0. The molecule has 1 aromatic rings. The van der Waals surface area contributed by atoms with Crippen LogP contribution in [0.25, 0.3) is 0 Å². The second-order valence-corrected chi connectivity index (χ2v) is 5.87. The summed E-state index contributed by atoms with van der Waals surface area (Å²) in [5, 5.41) is 4.77. The molecule has 0 bridgehead atoms. The molecule has 2 fully saturated rings. The highest BCUT2D eigenvalue weighted by Crippen LogP contribution is 2.47. The van der Waals surface area contributed by atoms with E-state index in [4.69, 9.17) is 5.73 Å². The molecule has 3 rings (SSSR count). The molecule has 2 aliphatic carbocycles. The number of nitrogens with zero attached hydrogens (tertiary/aromatic N) is 1. The van der Waals surface area contributed by atoms with Gasteiger partial charge in [-0.1, -0.05) is 19.3 Å². The highest BCUT2D eigenvalue weighted by molar-refractivity contribution is 7.10. The summed E-state index contributed by atoms with van der Waals surface area (Å²) in [5.74, 6) is 2.44. The Kier molecular flexibility index (Phi) is 2.75. The van der Waals surface area contributed by atoms with Gasteiger partial charge < -0.3 is 11.1 Å². The van der Waals surface area contributed by atoms with Gasteiger partial charge in [0.1, 0.15) is 10.8 Å². The normalized spacial score (nSPS) is 20.8. The number of nitrogens with two attached hydrogens (primary N) is 1. The van der Waals surface area contributed by atoms with Crippen LogP contribution in [0, 0.1) is 5.92 Å². The van der Waals surface area contributed by atoms with Crippen LogP contribution in [0.4, 0.5) is 10.8 Å². The van der Waals surface area contributed by atoms with E-state index in [0.717, 1.165) is 18.3 Å². The highest BCUT2D eigenvalue weighted by Gasteiger charge is 2.30. The van der Waals surface area contributed by atoms with E-state index >= 15 is 0 Å². The number of hydrogen-bond acceptors (Lipinski definition) is 4. The predicted molar refractivity (Wildman–Crippen MR) is 68.9 cm³/mol. The molecule has 0 amide bonds. The average Bonchev–Trinajstić information content (AvgIpc) is 2.96. The third-order valence-electron chi connectivity index (χ3n) is 3.80. The Morgan fingerprint density at radius 3 is 2.75 bits per heavy atom. The van der Waals surface area contributed by atoms with Crippen molar-refractivity contribution in [3.8, 4) is 0 Å². The Morgan fingerprint density at radius 1 is 1.31 bits per heavy atom. The van der Waals surface area contributed by atoms with Crippen molar-refractivity contribution in [1.29, 1.82) is 0 Å². The standard InChI is InChI=1S/C12H19N3S/c13-11-10(9-4-5-9)12(16-15-11)14-7-6-8-2-1-3-8/h8-9,14H,1-7H2,(H2,13,15). The molecule has 88 valence electrons. The van der Waals surface area contributed by atoms with Crippen LogP contribution in [-0.2, 0) is 0 Å². The second-order valence-electron chi connectivity index (χ2n) is 5.10. The van der Waals surface area contributed by atoms with E-state index in [9.17, 15) is 0 Å². The number of rotatable bonds is 5. The van der Waals surface area contributed by atoms with Crippen molar-refractivity contribution >= 4 is 22.4 Å². The number of aromatic nitrogens is 1. The summed E-state index contributed by atoms with van der Waals surface area (Å²) < 4.78 is 4.27. The number of nitrogens with one attached hydrogen (secondary N) is 1. The smallest absolute Gasteiger partial charge is 0.142 e. The van der Waals surface area contributed by atoms with E-state index in [1.807, 2.05) is 0 Å². The highest BCUT2D eigenvalue weighted by atomic mass is 32.1. The molecular weight excluding hydrogens is 218 g/mol. The van der Waals surface area contributed by atoms with E-state index in [1.54, 1.807) is 0 Å². The maximum Gasteiger partial charge on any atom is 0.142 e. The summed E-state index contributed by atoms with van der Waals surface area (Å²) in [7, 11) is 0. The summed E-state index contributed by atoms with van der Waals surface area (Å²) in [4.78, 5) is 0. The van der Waals surface area contributed by atoms with Crippen molar-refractivity contribution in [1.82, 2.24) is 4.37 Å². The molecule has 0 aromatic carbocycles. The Labute approximate surface area is 101 Å². The first-order valence-corrected chi connectivity index (χ1v) is 7.11. The molecule has 0 atom stereocenters. The van der Waals surface area contributed by atoms with Crippen LogP contribution in [0.5, 0.6) is 0 Å². The monoisotopic (exact) mass is 237 g/mol. The fourth-order valence-corrected chi connectivity index (χ4v) is 3.20. The Balaban J connectivity index is 1.56. The van der Waals surface area contributed by atoms with Gasteiger partial charge >= 0.3 is 0 Å². The first-order chi connectivity index (χ1) is 7.84. The second kappa shape index (κ2) is 4.24. The van der Waals surface area contributed by atoms with Gasteiger partial charge in [-0.2, -0.15) is 4.37 Å². The van der Waals surface area contributed by atoms with Crippen LogP contribution in [0.3, 0.4) is 0 Å². The lowest BCUT2D eigenvalue weighted by Gasteiger charge is -2.25. The van der Waals surface area contributed by atoms with Crippen LogP contribution in [0.15, 0.2) is 0 Å². The van der Waals surface area contributed by atoms with Gasteiger partial charge in [0.05, 0.1) is 0 Å². The van der Waals surface area contributed by atoms with Crippen LogP contribution < -0.4 is 11.1 Å². The molecule has 16 heavy (non-hydrogen) atoms. The lowest BCUT2D eigenvalue weighted by atomic mass is 9.83. The third-order valence-corrected chi connectivity index (χ3v) is 4.64. The summed E-state index contributed by atoms with van der Waals surface area (Å²) >= 11 is 1.54. The molecule has 3 nitrogen and oxygen atoms in total. The molecule has 0 spiro atoms. The Hall–Kier alpha value is -0.770. The topological polar surface area (TPSA) is 50.9 Å². The van der Waals surface area contributed by atoms with Gasteiger partial charge in [-0.3, -0.25) is 0 Å². The van der Waals surface area contributed by atoms with E-state index in [0.29, 0.717) is 5.92 Å². The maximum absolute atomic E-state index is 5.91. The van der Waals surface area contributed by atoms with Crippen molar-refractivity contribution in [3.63, 3.8) is 0 Å². The Bertz CT molecular complexity index is 366. The van der Waals surface area contributed by atoms with Crippen molar-refractivity contribution < 1.29 is 0 Å². The number of hydrogen-bond donors (Lipinski definition) is 2. The van der Waals surface area contributed by atoms with E-state index < -0.39 is 0 Å². The summed E-state index contributed by atoms with van der Waals surface area (Å²) in [5.41, 5.74) is 7.21.